The number of anilines is 1. The van der Waals surface area contributed by atoms with Crippen molar-refractivity contribution >= 4 is 11.7 Å². The van der Waals surface area contributed by atoms with Crippen molar-refractivity contribution in [3.05, 3.63) is 30.6 Å². The minimum Gasteiger partial charge on any atom is -0.353 e. The highest BCUT2D eigenvalue weighted by molar-refractivity contribution is 5.79. The summed E-state index contributed by atoms with van der Waals surface area (Å²) in [5, 5.41) is 0. The summed E-state index contributed by atoms with van der Waals surface area (Å²) in [6.07, 6.45) is 8.69. The molecule has 2 aromatic rings. The Morgan fingerprint density at radius 2 is 1.88 bits per heavy atom. The largest absolute Gasteiger partial charge is 0.353 e. The Hall–Kier alpha value is -2.44. The lowest BCUT2D eigenvalue weighted by Crippen LogP contribution is -2.51. The Morgan fingerprint density at radius 3 is 2.50 bits per heavy atom. The third-order valence-electron chi connectivity index (χ3n) is 4.95. The highest BCUT2D eigenvalue weighted by Gasteiger charge is 2.31. The summed E-state index contributed by atoms with van der Waals surface area (Å²) < 4.78 is 1.88. The van der Waals surface area contributed by atoms with Crippen LogP contribution in [0.5, 0.6) is 0 Å². The van der Waals surface area contributed by atoms with Crippen LogP contribution in [0.4, 0.5) is 5.82 Å². The molecule has 1 aliphatic heterocycles. The molecule has 2 aliphatic rings. The molecule has 0 unspecified atom stereocenters. The van der Waals surface area contributed by atoms with Gasteiger partial charge in [0.05, 0.1) is 0 Å². The van der Waals surface area contributed by atoms with Gasteiger partial charge in [-0.05, 0) is 19.8 Å². The molecule has 0 N–H and O–H groups in total. The van der Waals surface area contributed by atoms with Crippen molar-refractivity contribution in [3.8, 4) is 5.82 Å². The Morgan fingerprint density at radius 1 is 1.12 bits per heavy atom. The van der Waals surface area contributed by atoms with E-state index in [2.05, 4.69) is 19.9 Å². The maximum atomic E-state index is 12.4. The highest BCUT2D eigenvalue weighted by Crippen LogP contribution is 2.29. The molecule has 0 radical (unpaired) electrons. The molecule has 0 spiro atoms. The molecule has 0 bridgehead atoms. The van der Waals surface area contributed by atoms with E-state index in [-0.39, 0.29) is 5.92 Å². The molecule has 3 heterocycles. The molecule has 2 aromatic heterocycles. The highest BCUT2D eigenvalue weighted by atomic mass is 16.2. The zero-order valence-corrected chi connectivity index (χ0v) is 13.9. The van der Waals surface area contributed by atoms with Crippen molar-refractivity contribution in [1.29, 1.82) is 0 Å². The van der Waals surface area contributed by atoms with E-state index in [1.165, 1.54) is 6.42 Å². The first-order chi connectivity index (χ1) is 11.7. The number of carbonyl (C=O) groups is 1. The average Bonchev–Trinajstić information content (AvgIpc) is 3.07. The van der Waals surface area contributed by atoms with Gasteiger partial charge in [-0.15, -0.1) is 0 Å². The normalized spacial score (nSPS) is 18.5. The molecule has 2 fully saturated rings. The van der Waals surface area contributed by atoms with Gasteiger partial charge in [0.2, 0.25) is 5.91 Å². The number of hydrogen-bond donors (Lipinski definition) is 0. The summed E-state index contributed by atoms with van der Waals surface area (Å²) in [4.78, 5) is 29.7. The third-order valence-corrected chi connectivity index (χ3v) is 4.95. The number of aryl methyl sites for hydroxylation is 1. The Kier molecular flexibility index (Phi) is 3.92. The van der Waals surface area contributed by atoms with Gasteiger partial charge in [-0.1, -0.05) is 6.42 Å². The van der Waals surface area contributed by atoms with Crippen LogP contribution in [0.15, 0.2) is 24.8 Å². The maximum absolute atomic E-state index is 12.4. The molecular weight excluding hydrogens is 304 g/mol. The molecule has 1 aliphatic carbocycles. The van der Waals surface area contributed by atoms with Gasteiger partial charge in [0, 0.05) is 50.6 Å². The third kappa shape index (κ3) is 2.86. The molecule has 126 valence electrons. The Balaban J connectivity index is 1.46. The molecule has 7 heteroatoms. The summed E-state index contributed by atoms with van der Waals surface area (Å²) in [6, 6.07) is 1.98. The van der Waals surface area contributed by atoms with E-state index in [0.717, 1.165) is 56.5 Å². The van der Waals surface area contributed by atoms with Crippen LogP contribution in [0.25, 0.3) is 5.82 Å². The zero-order chi connectivity index (χ0) is 16.5. The first kappa shape index (κ1) is 15.1. The second-order valence-electron chi connectivity index (χ2n) is 6.54. The Bertz CT molecular complexity index is 717. The number of nitrogens with zero attached hydrogens (tertiary/aromatic N) is 6. The van der Waals surface area contributed by atoms with Crippen molar-refractivity contribution < 1.29 is 4.79 Å². The van der Waals surface area contributed by atoms with Crippen molar-refractivity contribution in [2.45, 2.75) is 26.2 Å². The molecule has 7 nitrogen and oxygen atoms in total. The van der Waals surface area contributed by atoms with Crippen molar-refractivity contribution in [3.63, 3.8) is 0 Å². The molecule has 1 saturated carbocycles. The number of piperazine rings is 1. The summed E-state index contributed by atoms with van der Waals surface area (Å²) in [7, 11) is 0. The lowest BCUT2D eigenvalue weighted by molar-refractivity contribution is -0.138. The molecule has 24 heavy (non-hydrogen) atoms. The number of rotatable bonds is 3. The summed E-state index contributed by atoms with van der Waals surface area (Å²) in [5.41, 5.74) is 0. The smallest absolute Gasteiger partial charge is 0.225 e. The van der Waals surface area contributed by atoms with Crippen molar-refractivity contribution in [2.24, 2.45) is 5.92 Å². The number of carbonyl (C=O) groups excluding carboxylic acids is 1. The van der Waals surface area contributed by atoms with Crippen LogP contribution in [0.2, 0.25) is 0 Å². The average molecular weight is 326 g/mol. The topological polar surface area (TPSA) is 67.2 Å². The number of amides is 1. The van der Waals surface area contributed by atoms with Crippen molar-refractivity contribution in [1.82, 2.24) is 24.4 Å². The monoisotopic (exact) mass is 326 g/mol. The van der Waals surface area contributed by atoms with Gasteiger partial charge in [0.1, 0.15) is 23.8 Å². The van der Waals surface area contributed by atoms with Gasteiger partial charge >= 0.3 is 0 Å². The summed E-state index contributed by atoms with van der Waals surface area (Å²) in [6.45, 7) is 5.09. The number of imidazole rings is 1. The van der Waals surface area contributed by atoms with Gasteiger partial charge in [0.15, 0.2) is 0 Å². The van der Waals surface area contributed by atoms with Gasteiger partial charge in [-0.25, -0.2) is 15.0 Å². The molecule has 4 rings (SSSR count). The van der Waals surface area contributed by atoms with Crippen LogP contribution in [0, 0.1) is 12.8 Å². The fourth-order valence-corrected chi connectivity index (χ4v) is 3.29. The summed E-state index contributed by atoms with van der Waals surface area (Å²) in [5.74, 6) is 3.11. The van der Waals surface area contributed by atoms with Crippen LogP contribution in [-0.4, -0.2) is 56.5 Å². The van der Waals surface area contributed by atoms with E-state index in [0.29, 0.717) is 5.91 Å². The molecule has 1 amide bonds. The van der Waals surface area contributed by atoms with E-state index in [1.807, 2.05) is 28.7 Å². The predicted octanol–water partition coefficient (Wildman–Crippen LogP) is 1.42. The van der Waals surface area contributed by atoms with E-state index in [9.17, 15) is 4.79 Å². The van der Waals surface area contributed by atoms with Crippen LogP contribution >= 0.6 is 0 Å². The zero-order valence-electron chi connectivity index (χ0n) is 13.9. The van der Waals surface area contributed by atoms with Crippen LogP contribution in [-0.2, 0) is 4.79 Å². The minimum absolute atomic E-state index is 0.283. The predicted molar refractivity (Wildman–Crippen MR) is 90.0 cm³/mol. The van der Waals surface area contributed by atoms with Gasteiger partial charge in [-0.2, -0.15) is 0 Å². The fourth-order valence-electron chi connectivity index (χ4n) is 3.29. The second kappa shape index (κ2) is 6.22. The number of aromatic nitrogens is 4. The van der Waals surface area contributed by atoms with Crippen LogP contribution in [0.3, 0.4) is 0 Å². The van der Waals surface area contributed by atoms with Crippen molar-refractivity contribution in [2.75, 3.05) is 31.1 Å². The van der Waals surface area contributed by atoms with E-state index >= 15 is 0 Å². The maximum Gasteiger partial charge on any atom is 0.225 e. The van der Waals surface area contributed by atoms with E-state index in [1.54, 1.807) is 12.5 Å². The molecular formula is C17H22N6O. The fraction of sp³-hybridized carbons (Fsp3) is 0.529. The van der Waals surface area contributed by atoms with Gasteiger partial charge in [0.25, 0.3) is 0 Å². The van der Waals surface area contributed by atoms with Crippen LogP contribution in [0.1, 0.15) is 25.1 Å². The summed E-state index contributed by atoms with van der Waals surface area (Å²) >= 11 is 0. The lowest BCUT2D eigenvalue weighted by atomic mass is 9.84. The first-order valence-electron chi connectivity index (χ1n) is 8.58. The SMILES string of the molecule is Cc1nc(N2CCN(C(=O)C3CCC3)CC2)cc(-n2ccnc2)n1. The second-order valence-corrected chi connectivity index (χ2v) is 6.54. The standard InChI is InChI=1S/C17H22N6O/c1-13-19-15(11-16(20-13)23-6-5-18-12-23)21-7-9-22(10-8-21)17(24)14-3-2-4-14/h5-6,11-12,14H,2-4,7-10H2,1H3. The quantitative estimate of drug-likeness (QED) is 0.853. The van der Waals surface area contributed by atoms with Gasteiger partial charge < -0.3 is 9.80 Å². The molecule has 0 atom stereocenters. The first-order valence-corrected chi connectivity index (χ1v) is 8.58. The molecule has 0 aromatic carbocycles. The number of hydrogen-bond acceptors (Lipinski definition) is 5. The van der Waals surface area contributed by atoms with E-state index < -0.39 is 0 Å². The Labute approximate surface area is 141 Å². The minimum atomic E-state index is 0.283. The molecule has 1 saturated heterocycles. The van der Waals surface area contributed by atoms with Crippen LogP contribution < -0.4 is 4.90 Å². The lowest BCUT2D eigenvalue weighted by Gasteiger charge is -2.38. The van der Waals surface area contributed by atoms with Gasteiger partial charge in [-0.3, -0.25) is 9.36 Å². The van der Waals surface area contributed by atoms with E-state index in [4.69, 9.17) is 0 Å².